The third-order valence-corrected chi connectivity index (χ3v) is 6.68. The van der Waals surface area contributed by atoms with Crippen LogP contribution in [0, 0.1) is 23.5 Å². The molecule has 5 rings (SSSR count). The van der Waals surface area contributed by atoms with Crippen molar-refractivity contribution in [2.75, 3.05) is 4.90 Å². The monoisotopic (exact) mass is 462 g/mol. The number of carboxylic acid groups (broad SMARTS) is 1. The minimum absolute atomic E-state index is 0.0433. The molecule has 2 fully saturated rings. The molecule has 0 radical (unpaired) electrons. The third kappa shape index (κ3) is 3.38. The van der Waals surface area contributed by atoms with Gasteiger partial charge >= 0.3 is 5.97 Å². The van der Waals surface area contributed by atoms with E-state index < -0.39 is 52.8 Å². The number of halogens is 2. The molecule has 4 atom stereocenters. The molecule has 2 saturated heterocycles. The number of carboxylic acids is 1. The number of carbonyl (C=O) groups excluding carboxylic acids is 2. The minimum Gasteiger partial charge on any atom is -0.480 e. The Bertz CT molecular complexity index is 1260. The lowest BCUT2D eigenvalue weighted by Crippen LogP contribution is -2.57. The summed E-state index contributed by atoms with van der Waals surface area (Å²) in [4.78, 5) is 41.0. The van der Waals surface area contributed by atoms with Gasteiger partial charge in [0.2, 0.25) is 11.8 Å². The lowest BCUT2D eigenvalue weighted by Gasteiger charge is -2.31. The number of amides is 2. The van der Waals surface area contributed by atoms with E-state index in [2.05, 4.69) is 5.32 Å². The maximum atomic E-state index is 13.7. The van der Waals surface area contributed by atoms with Gasteiger partial charge in [-0.1, -0.05) is 42.5 Å². The second-order valence-corrected chi connectivity index (χ2v) is 8.60. The molecule has 2 aliphatic rings. The van der Waals surface area contributed by atoms with Crippen LogP contribution in [0.2, 0.25) is 0 Å². The Morgan fingerprint density at radius 3 is 2.06 bits per heavy atom. The molecule has 0 aromatic heterocycles. The topological polar surface area (TPSA) is 86.7 Å². The quantitative estimate of drug-likeness (QED) is 0.567. The smallest absolute Gasteiger partial charge is 0.325 e. The molecule has 2 aliphatic heterocycles. The van der Waals surface area contributed by atoms with Crippen molar-refractivity contribution in [3.05, 3.63) is 102 Å². The summed E-state index contributed by atoms with van der Waals surface area (Å²) in [6.45, 7) is 0. The summed E-state index contributed by atoms with van der Waals surface area (Å²) >= 11 is 0. The van der Waals surface area contributed by atoms with E-state index in [-0.39, 0.29) is 12.1 Å². The zero-order chi connectivity index (χ0) is 24.0. The van der Waals surface area contributed by atoms with E-state index in [0.29, 0.717) is 11.1 Å². The number of aliphatic carboxylic acids is 1. The number of rotatable bonds is 5. The van der Waals surface area contributed by atoms with Crippen molar-refractivity contribution >= 4 is 23.5 Å². The van der Waals surface area contributed by atoms with E-state index in [1.165, 1.54) is 36.4 Å². The van der Waals surface area contributed by atoms with Gasteiger partial charge in [-0.15, -0.1) is 0 Å². The van der Waals surface area contributed by atoms with Crippen molar-refractivity contribution in [3.8, 4) is 0 Å². The van der Waals surface area contributed by atoms with Crippen molar-refractivity contribution in [2.24, 2.45) is 11.8 Å². The first-order valence-corrected chi connectivity index (χ1v) is 10.8. The van der Waals surface area contributed by atoms with Crippen LogP contribution in [0.5, 0.6) is 0 Å². The molecule has 6 nitrogen and oxygen atoms in total. The lowest BCUT2D eigenvalue weighted by molar-refractivity contribution is -0.148. The largest absolute Gasteiger partial charge is 0.480 e. The van der Waals surface area contributed by atoms with Crippen LogP contribution >= 0.6 is 0 Å². The van der Waals surface area contributed by atoms with Gasteiger partial charge < -0.3 is 5.11 Å². The van der Waals surface area contributed by atoms with E-state index in [1.807, 2.05) is 0 Å². The molecule has 0 saturated carbocycles. The summed E-state index contributed by atoms with van der Waals surface area (Å²) in [5.41, 5.74) is -0.444. The number of hydrogen-bond donors (Lipinski definition) is 2. The van der Waals surface area contributed by atoms with E-state index in [1.54, 1.807) is 30.3 Å². The highest BCUT2D eigenvalue weighted by atomic mass is 19.1. The maximum Gasteiger partial charge on any atom is 0.325 e. The van der Waals surface area contributed by atoms with Gasteiger partial charge in [0.05, 0.1) is 17.5 Å². The van der Waals surface area contributed by atoms with Crippen LogP contribution in [0.15, 0.2) is 78.9 Å². The zero-order valence-electron chi connectivity index (χ0n) is 17.8. The molecule has 0 aliphatic carbocycles. The summed E-state index contributed by atoms with van der Waals surface area (Å²) in [7, 11) is 0. The molecule has 3 aromatic carbocycles. The Balaban J connectivity index is 1.65. The highest BCUT2D eigenvalue weighted by Crippen LogP contribution is 2.50. The third-order valence-electron chi connectivity index (χ3n) is 6.68. The minimum atomic E-state index is -1.79. The molecule has 172 valence electrons. The van der Waals surface area contributed by atoms with E-state index in [0.717, 1.165) is 17.0 Å². The van der Waals surface area contributed by atoms with Crippen LogP contribution in [-0.4, -0.2) is 28.4 Å². The second kappa shape index (κ2) is 8.14. The van der Waals surface area contributed by atoms with Gasteiger partial charge in [-0.2, -0.15) is 0 Å². The molecule has 0 unspecified atom stereocenters. The first-order valence-electron chi connectivity index (χ1n) is 10.8. The normalized spacial score (nSPS) is 26.1. The van der Waals surface area contributed by atoms with Crippen molar-refractivity contribution in [3.63, 3.8) is 0 Å². The fourth-order valence-corrected chi connectivity index (χ4v) is 5.16. The first kappa shape index (κ1) is 21.9. The van der Waals surface area contributed by atoms with Crippen molar-refractivity contribution in [1.82, 2.24) is 5.32 Å². The number of benzene rings is 3. The van der Waals surface area contributed by atoms with Gasteiger partial charge in [-0.3, -0.25) is 19.7 Å². The Labute approximate surface area is 193 Å². The molecule has 2 heterocycles. The van der Waals surface area contributed by atoms with Crippen LogP contribution in [-0.2, 0) is 20.8 Å². The molecule has 34 heavy (non-hydrogen) atoms. The van der Waals surface area contributed by atoms with Crippen LogP contribution in [0.3, 0.4) is 0 Å². The zero-order valence-corrected chi connectivity index (χ0v) is 17.8. The van der Waals surface area contributed by atoms with Gasteiger partial charge in [0, 0.05) is 12.5 Å². The molecule has 2 N–H and O–H groups in total. The number of anilines is 1. The number of nitrogens with one attached hydrogen (secondary N) is 1. The Morgan fingerprint density at radius 1 is 0.882 bits per heavy atom. The van der Waals surface area contributed by atoms with Gasteiger partial charge in [0.1, 0.15) is 17.2 Å². The standard InChI is InChI=1S/C26H20F2N2O4/c27-17-8-6-16(7-9-17)22-20-21(24(32)30(23(20)31)19-12-10-18(28)11-13-19)26(29-22,25(33)34)14-15-4-2-1-3-5-15/h1-13,20-22,29H,14H2,(H,33,34)/t20-,21-,22-,26+/m0/s1. The van der Waals surface area contributed by atoms with E-state index >= 15 is 0 Å². The fraction of sp³-hybridized carbons (Fsp3) is 0.192. The SMILES string of the molecule is O=C1[C@H]2[C@@H](C(=O)N1c1ccc(F)cc1)[C@](Cc1ccccc1)(C(=O)O)N[C@H]2c1ccc(F)cc1. The predicted molar refractivity (Wildman–Crippen MR) is 119 cm³/mol. The summed E-state index contributed by atoms with van der Waals surface area (Å²) in [6.07, 6.45) is -0.0433. The van der Waals surface area contributed by atoms with Crippen LogP contribution in [0.1, 0.15) is 17.2 Å². The predicted octanol–water partition coefficient (Wildman–Crippen LogP) is 3.48. The van der Waals surface area contributed by atoms with Gasteiger partial charge in [0.15, 0.2) is 0 Å². The van der Waals surface area contributed by atoms with E-state index in [4.69, 9.17) is 0 Å². The Hall–Kier alpha value is -3.91. The highest BCUT2D eigenvalue weighted by Gasteiger charge is 2.68. The highest BCUT2D eigenvalue weighted by molar-refractivity contribution is 6.24. The molecule has 0 bridgehead atoms. The van der Waals surface area contributed by atoms with Crippen LogP contribution in [0.4, 0.5) is 14.5 Å². The maximum absolute atomic E-state index is 13.7. The lowest BCUT2D eigenvalue weighted by atomic mass is 9.76. The number of carbonyl (C=O) groups is 3. The Kier molecular flexibility index (Phi) is 5.25. The average molecular weight is 462 g/mol. The summed E-state index contributed by atoms with van der Waals surface area (Å²) in [5.74, 6) is -5.79. The van der Waals surface area contributed by atoms with Crippen molar-refractivity contribution < 1.29 is 28.3 Å². The van der Waals surface area contributed by atoms with Crippen molar-refractivity contribution in [2.45, 2.75) is 18.0 Å². The number of hydrogen-bond acceptors (Lipinski definition) is 4. The Morgan fingerprint density at radius 2 is 1.47 bits per heavy atom. The molecule has 0 spiro atoms. The molecule has 2 amide bonds. The molecule has 8 heteroatoms. The van der Waals surface area contributed by atoms with E-state index in [9.17, 15) is 28.3 Å². The second-order valence-electron chi connectivity index (χ2n) is 8.60. The van der Waals surface area contributed by atoms with Gasteiger partial charge in [-0.05, 0) is 47.5 Å². The van der Waals surface area contributed by atoms with Crippen molar-refractivity contribution in [1.29, 1.82) is 0 Å². The average Bonchev–Trinajstić information content (AvgIpc) is 3.30. The molecular formula is C26H20F2N2O4. The number of fused-ring (bicyclic) bond motifs is 1. The summed E-state index contributed by atoms with van der Waals surface area (Å²) in [5, 5.41) is 13.5. The summed E-state index contributed by atoms with van der Waals surface area (Å²) < 4.78 is 27.1. The molecule has 3 aromatic rings. The fourth-order valence-electron chi connectivity index (χ4n) is 5.16. The number of imide groups is 1. The summed E-state index contributed by atoms with van der Waals surface area (Å²) in [6, 6.07) is 18.3. The first-order chi connectivity index (χ1) is 16.3. The number of nitrogens with zero attached hydrogens (tertiary/aromatic N) is 1. The van der Waals surface area contributed by atoms with Crippen LogP contribution < -0.4 is 10.2 Å². The van der Waals surface area contributed by atoms with Crippen LogP contribution in [0.25, 0.3) is 0 Å². The molecular weight excluding hydrogens is 442 g/mol. The van der Waals surface area contributed by atoms with Gasteiger partial charge in [0.25, 0.3) is 0 Å². The van der Waals surface area contributed by atoms with Gasteiger partial charge in [-0.25, -0.2) is 13.7 Å².